The SMILES string of the molecule is O=C(CN1CN(c2ccccc2)C2(CCN(C(=O)Nc3ccc(C(F)(F)F)cc3)CC2)C1=O)Nc1cccc(Cl)c1. The van der Waals surface area contributed by atoms with Crippen LogP contribution < -0.4 is 15.5 Å². The molecule has 2 fully saturated rings. The van der Waals surface area contributed by atoms with Crippen molar-refractivity contribution in [2.45, 2.75) is 24.6 Å². The predicted octanol–water partition coefficient (Wildman–Crippen LogP) is 5.67. The average Bonchev–Trinajstić information content (AvgIpc) is 3.19. The minimum Gasteiger partial charge on any atom is -0.339 e. The van der Waals surface area contributed by atoms with Crippen LogP contribution in [0.25, 0.3) is 0 Å². The van der Waals surface area contributed by atoms with Crippen LogP contribution in [0, 0.1) is 0 Å². The van der Waals surface area contributed by atoms with E-state index in [-0.39, 0.29) is 43.8 Å². The van der Waals surface area contributed by atoms with Gasteiger partial charge in [-0.05, 0) is 67.4 Å². The number of nitrogens with one attached hydrogen (secondary N) is 2. The number of carbonyl (C=O) groups excluding carboxylic acids is 3. The van der Waals surface area contributed by atoms with Crippen molar-refractivity contribution in [2.24, 2.45) is 0 Å². The van der Waals surface area contributed by atoms with Crippen LogP contribution in [-0.2, 0) is 15.8 Å². The lowest BCUT2D eigenvalue weighted by Crippen LogP contribution is -2.58. The summed E-state index contributed by atoms with van der Waals surface area (Å²) in [5, 5.41) is 5.88. The normalized spacial score (nSPS) is 16.7. The number of carbonyl (C=O) groups is 3. The van der Waals surface area contributed by atoms with E-state index < -0.39 is 23.3 Å². The number of hydrogen-bond donors (Lipinski definition) is 2. The third-order valence-corrected chi connectivity index (χ3v) is 7.60. The van der Waals surface area contributed by atoms with Crippen LogP contribution >= 0.6 is 11.6 Å². The number of nitrogens with zero attached hydrogens (tertiary/aromatic N) is 3. The molecule has 3 aromatic carbocycles. The molecule has 41 heavy (non-hydrogen) atoms. The summed E-state index contributed by atoms with van der Waals surface area (Å²) in [6.45, 7) is 0.520. The van der Waals surface area contributed by atoms with Gasteiger partial charge in [0.25, 0.3) is 5.91 Å². The highest BCUT2D eigenvalue weighted by Gasteiger charge is 2.54. The molecule has 2 heterocycles. The molecule has 0 unspecified atom stereocenters. The van der Waals surface area contributed by atoms with Crippen molar-refractivity contribution in [2.75, 3.05) is 41.8 Å². The van der Waals surface area contributed by atoms with Crippen LogP contribution in [0.5, 0.6) is 0 Å². The highest BCUT2D eigenvalue weighted by molar-refractivity contribution is 6.30. The zero-order valence-electron chi connectivity index (χ0n) is 21.8. The molecule has 0 aromatic heterocycles. The molecule has 0 atom stereocenters. The summed E-state index contributed by atoms with van der Waals surface area (Å²) in [7, 11) is 0. The number of amides is 4. The van der Waals surface area contributed by atoms with Crippen molar-refractivity contribution in [3.05, 3.63) is 89.4 Å². The molecule has 214 valence electrons. The molecule has 0 saturated carbocycles. The van der Waals surface area contributed by atoms with Crippen molar-refractivity contribution >= 4 is 46.5 Å². The van der Waals surface area contributed by atoms with Gasteiger partial charge in [-0.25, -0.2) is 4.79 Å². The number of likely N-dealkylation sites (tertiary alicyclic amines) is 1. The number of piperidine rings is 1. The second-order valence-electron chi connectivity index (χ2n) is 9.99. The minimum absolute atomic E-state index is 0.158. The molecule has 3 aromatic rings. The van der Waals surface area contributed by atoms with Crippen molar-refractivity contribution in [3.63, 3.8) is 0 Å². The molecule has 2 aliphatic rings. The Morgan fingerprint density at radius 1 is 0.878 bits per heavy atom. The Kier molecular flexibility index (Phi) is 7.81. The molecule has 2 saturated heterocycles. The highest BCUT2D eigenvalue weighted by atomic mass is 35.5. The lowest BCUT2D eigenvalue weighted by atomic mass is 9.85. The number of urea groups is 1. The van der Waals surface area contributed by atoms with Gasteiger partial charge in [0.05, 0.1) is 12.2 Å². The number of rotatable bonds is 5. The molecule has 0 radical (unpaired) electrons. The summed E-state index contributed by atoms with van der Waals surface area (Å²) in [5.74, 6) is -0.565. The van der Waals surface area contributed by atoms with Gasteiger partial charge >= 0.3 is 12.2 Å². The van der Waals surface area contributed by atoms with E-state index >= 15 is 0 Å². The quantitative estimate of drug-likeness (QED) is 0.404. The van der Waals surface area contributed by atoms with Gasteiger partial charge in [0.1, 0.15) is 12.1 Å². The first-order chi connectivity index (χ1) is 19.5. The van der Waals surface area contributed by atoms with Gasteiger partial charge in [-0.3, -0.25) is 9.59 Å². The molecular weight excluding hydrogens is 559 g/mol. The standard InChI is InChI=1S/C29H27ClF3N5O3/c30-21-5-4-6-23(17-21)34-25(39)18-37-19-38(24-7-2-1-3-8-24)28(26(37)40)13-15-36(16-14-28)27(41)35-22-11-9-20(10-12-22)29(31,32)33/h1-12,17H,13-16,18-19H2,(H,34,39)(H,35,41). The third-order valence-electron chi connectivity index (χ3n) is 7.37. The molecule has 0 aliphatic carbocycles. The number of halogens is 4. The van der Waals surface area contributed by atoms with Gasteiger partial charge in [0, 0.05) is 35.2 Å². The Hall–Kier alpha value is -4.25. The maximum Gasteiger partial charge on any atom is 0.416 e. The number of alkyl halides is 3. The molecule has 2 N–H and O–H groups in total. The van der Waals surface area contributed by atoms with Gasteiger partial charge in [-0.15, -0.1) is 0 Å². The smallest absolute Gasteiger partial charge is 0.339 e. The second kappa shape index (κ2) is 11.3. The lowest BCUT2D eigenvalue weighted by Gasteiger charge is -2.43. The molecular formula is C29H27ClF3N5O3. The zero-order valence-corrected chi connectivity index (χ0v) is 22.6. The van der Waals surface area contributed by atoms with E-state index in [1.807, 2.05) is 35.2 Å². The van der Waals surface area contributed by atoms with Crippen LogP contribution in [0.4, 0.5) is 35.0 Å². The Labute approximate surface area is 239 Å². The molecule has 5 rings (SSSR count). The maximum atomic E-state index is 13.9. The Balaban J connectivity index is 1.28. The number of benzene rings is 3. The van der Waals surface area contributed by atoms with Gasteiger partial charge in [0.15, 0.2) is 0 Å². The van der Waals surface area contributed by atoms with Crippen molar-refractivity contribution < 1.29 is 27.6 Å². The Bertz CT molecular complexity index is 1430. The van der Waals surface area contributed by atoms with Crippen LogP contribution in [0.1, 0.15) is 18.4 Å². The molecule has 2 aliphatic heterocycles. The topological polar surface area (TPSA) is 85.0 Å². The largest absolute Gasteiger partial charge is 0.416 e. The fourth-order valence-electron chi connectivity index (χ4n) is 5.29. The fourth-order valence-corrected chi connectivity index (χ4v) is 5.48. The molecule has 0 bridgehead atoms. The van der Waals surface area contributed by atoms with E-state index in [9.17, 15) is 27.6 Å². The lowest BCUT2D eigenvalue weighted by molar-refractivity contribution is -0.137. The predicted molar refractivity (Wildman–Crippen MR) is 150 cm³/mol. The monoisotopic (exact) mass is 585 g/mol. The van der Waals surface area contributed by atoms with Crippen LogP contribution in [0.3, 0.4) is 0 Å². The summed E-state index contributed by atoms with van der Waals surface area (Å²) < 4.78 is 38.6. The molecule has 1 spiro atoms. The Morgan fingerprint density at radius 3 is 2.20 bits per heavy atom. The summed E-state index contributed by atoms with van der Waals surface area (Å²) in [4.78, 5) is 44.6. The maximum absolute atomic E-state index is 13.9. The first kappa shape index (κ1) is 28.3. The van der Waals surface area contributed by atoms with E-state index in [1.165, 1.54) is 21.9 Å². The average molecular weight is 586 g/mol. The van der Waals surface area contributed by atoms with Crippen molar-refractivity contribution in [3.8, 4) is 0 Å². The van der Waals surface area contributed by atoms with Crippen molar-refractivity contribution in [1.29, 1.82) is 0 Å². The molecule has 8 nitrogen and oxygen atoms in total. The highest BCUT2D eigenvalue weighted by Crippen LogP contribution is 2.39. The van der Waals surface area contributed by atoms with Gasteiger partial charge in [-0.2, -0.15) is 13.2 Å². The Morgan fingerprint density at radius 2 is 1.56 bits per heavy atom. The van der Waals surface area contributed by atoms with E-state index in [2.05, 4.69) is 10.6 Å². The molecule has 12 heteroatoms. The van der Waals surface area contributed by atoms with E-state index in [1.54, 1.807) is 24.3 Å². The fraction of sp³-hybridized carbons (Fsp3) is 0.276. The first-order valence-electron chi connectivity index (χ1n) is 13.0. The van der Waals surface area contributed by atoms with Crippen LogP contribution in [-0.4, -0.2) is 59.5 Å². The summed E-state index contributed by atoms with van der Waals surface area (Å²) >= 11 is 6.01. The van der Waals surface area contributed by atoms with Crippen LogP contribution in [0.2, 0.25) is 5.02 Å². The van der Waals surface area contributed by atoms with Crippen molar-refractivity contribution in [1.82, 2.24) is 9.80 Å². The van der Waals surface area contributed by atoms with Gasteiger partial charge in [0.2, 0.25) is 5.91 Å². The summed E-state index contributed by atoms with van der Waals surface area (Å²) in [6.07, 6.45) is -3.84. The van der Waals surface area contributed by atoms with Crippen LogP contribution in [0.15, 0.2) is 78.9 Å². The van der Waals surface area contributed by atoms with E-state index in [0.29, 0.717) is 23.6 Å². The number of hydrogen-bond acceptors (Lipinski definition) is 4. The van der Waals surface area contributed by atoms with Gasteiger partial charge in [-0.1, -0.05) is 35.9 Å². The zero-order chi connectivity index (χ0) is 29.2. The summed E-state index contributed by atoms with van der Waals surface area (Å²) in [5.41, 5.74) is -0.176. The second-order valence-corrected chi connectivity index (χ2v) is 10.4. The minimum atomic E-state index is -4.47. The first-order valence-corrected chi connectivity index (χ1v) is 13.3. The van der Waals surface area contributed by atoms with Gasteiger partial charge < -0.3 is 25.3 Å². The van der Waals surface area contributed by atoms with E-state index in [0.717, 1.165) is 17.8 Å². The third kappa shape index (κ3) is 6.09. The number of anilines is 3. The number of para-hydroxylation sites is 1. The van der Waals surface area contributed by atoms with E-state index in [4.69, 9.17) is 11.6 Å². The summed E-state index contributed by atoms with van der Waals surface area (Å²) in [6, 6.07) is 19.9. The molecule has 4 amide bonds.